The summed E-state index contributed by atoms with van der Waals surface area (Å²) in [6.07, 6.45) is 0.949. The maximum absolute atomic E-state index is 12.1. The van der Waals surface area contributed by atoms with Crippen LogP contribution in [0.25, 0.3) is 0 Å². The third-order valence-corrected chi connectivity index (χ3v) is 7.87. The van der Waals surface area contributed by atoms with Gasteiger partial charge in [-0.05, 0) is 45.9 Å². The van der Waals surface area contributed by atoms with Crippen molar-refractivity contribution in [2.24, 2.45) is 0 Å². The molecule has 0 spiro atoms. The third kappa shape index (κ3) is 4.63. The second kappa shape index (κ2) is 6.41. The van der Waals surface area contributed by atoms with Crippen LogP contribution in [0.1, 0.15) is 27.2 Å². The first-order valence-corrected chi connectivity index (χ1v) is 11.4. The van der Waals surface area contributed by atoms with Crippen LogP contribution in [0.5, 0.6) is 0 Å². The molecule has 0 aliphatic carbocycles. The molecule has 124 valence electrons. The van der Waals surface area contributed by atoms with Crippen molar-refractivity contribution >= 4 is 18.7 Å². The Bertz CT molecular complexity index is 602. The minimum atomic E-state index is -3.72. The molecule has 1 fully saturated rings. The molecule has 0 radical (unpaired) electrons. The lowest BCUT2D eigenvalue weighted by atomic mass is 10.0. The van der Waals surface area contributed by atoms with Gasteiger partial charge in [-0.1, -0.05) is 18.2 Å². The van der Waals surface area contributed by atoms with Gasteiger partial charge in [0.25, 0.3) is 10.1 Å². The van der Waals surface area contributed by atoms with Gasteiger partial charge in [0, 0.05) is 12.1 Å². The predicted octanol–water partition coefficient (Wildman–Crippen LogP) is 3.07. The fourth-order valence-electron chi connectivity index (χ4n) is 2.91. The second-order valence-electron chi connectivity index (χ2n) is 6.47. The van der Waals surface area contributed by atoms with Crippen molar-refractivity contribution in [1.29, 1.82) is 0 Å². The molecule has 1 aromatic rings. The van der Waals surface area contributed by atoms with Gasteiger partial charge in [-0.25, -0.2) is 0 Å². The van der Waals surface area contributed by atoms with Gasteiger partial charge >= 0.3 is 8.56 Å². The molecule has 22 heavy (non-hydrogen) atoms. The normalized spacial score (nSPS) is 28.5. The van der Waals surface area contributed by atoms with Crippen molar-refractivity contribution in [3.05, 3.63) is 30.3 Å². The van der Waals surface area contributed by atoms with Crippen molar-refractivity contribution in [3.8, 4) is 0 Å². The number of rotatable bonds is 5. The largest absolute Gasteiger partial charge is 0.391 e. The Kier molecular flexibility index (Phi) is 5.13. The molecule has 0 N–H and O–H groups in total. The first-order valence-electron chi connectivity index (χ1n) is 7.44. The molecule has 0 bridgehead atoms. The van der Waals surface area contributed by atoms with Gasteiger partial charge in [-0.15, -0.1) is 0 Å². The van der Waals surface area contributed by atoms with Gasteiger partial charge in [0.05, 0.1) is 17.1 Å². The zero-order chi connectivity index (χ0) is 16.4. The predicted molar refractivity (Wildman–Crippen MR) is 86.3 cm³/mol. The number of hydrogen-bond acceptors (Lipinski definition) is 5. The topological polar surface area (TPSA) is 61.8 Å². The maximum Gasteiger partial charge on any atom is 0.337 e. The molecule has 0 aromatic heterocycles. The van der Waals surface area contributed by atoms with Crippen LogP contribution >= 0.6 is 0 Å². The Morgan fingerprint density at radius 2 is 1.95 bits per heavy atom. The summed E-state index contributed by atoms with van der Waals surface area (Å²) >= 11 is 0. The standard InChI is InChI=1S/C15H24O5SSi/c1-13-12-15(2,3)20-22(4,19-13)11-10-18-21(16,17)14-8-6-5-7-9-14/h5-9,13H,10-12H2,1-4H3. The molecule has 1 saturated heterocycles. The molecule has 1 aliphatic rings. The molecule has 2 atom stereocenters. The van der Waals surface area contributed by atoms with Crippen LogP contribution in [0.3, 0.4) is 0 Å². The Morgan fingerprint density at radius 1 is 1.32 bits per heavy atom. The lowest BCUT2D eigenvalue weighted by Crippen LogP contribution is -2.54. The molecule has 7 heteroatoms. The van der Waals surface area contributed by atoms with Crippen LogP contribution in [-0.2, 0) is 23.2 Å². The Morgan fingerprint density at radius 3 is 2.55 bits per heavy atom. The van der Waals surface area contributed by atoms with Crippen molar-refractivity contribution < 1.29 is 21.5 Å². The minimum Gasteiger partial charge on any atom is -0.391 e. The Labute approximate surface area is 134 Å². The van der Waals surface area contributed by atoms with E-state index in [0.717, 1.165) is 6.42 Å². The van der Waals surface area contributed by atoms with Gasteiger partial charge in [0.2, 0.25) is 0 Å². The van der Waals surface area contributed by atoms with Crippen LogP contribution in [0.2, 0.25) is 12.6 Å². The Balaban J connectivity index is 1.96. The van der Waals surface area contributed by atoms with Crippen molar-refractivity contribution in [2.75, 3.05) is 6.61 Å². The van der Waals surface area contributed by atoms with E-state index in [9.17, 15) is 8.42 Å². The molecule has 1 heterocycles. The highest BCUT2D eigenvalue weighted by Crippen LogP contribution is 2.33. The first-order chi connectivity index (χ1) is 10.1. The zero-order valence-electron chi connectivity index (χ0n) is 13.5. The van der Waals surface area contributed by atoms with Crippen LogP contribution in [0.4, 0.5) is 0 Å². The number of benzene rings is 1. The fraction of sp³-hybridized carbons (Fsp3) is 0.600. The van der Waals surface area contributed by atoms with E-state index in [1.54, 1.807) is 18.2 Å². The average molecular weight is 345 g/mol. The second-order valence-corrected chi connectivity index (χ2v) is 11.3. The van der Waals surface area contributed by atoms with E-state index < -0.39 is 18.7 Å². The zero-order valence-corrected chi connectivity index (χ0v) is 15.4. The quantitative estimate of drug-likeness (QED) is 0.607. The van der Waals surface area contributed by atoms with Gasteiger partial charge < -0.3 is 8.85 Å². The molecular formula is C15H24O5SSi. The lowest BCUT2D eigenvalue weighted by molar-refractivity contribution is -0.0433. The van der Waals surface area contributed by atoms with Crippen LogP contribution < -0.4 is 0 Å². The highest BCUT2D eigenvalue weighted by atomic mass is 32.2. The van der Waals surface area contributed by atoms with Gasteiger partial charge in [-0.2, -0.15) is 8.42 Å². The minimum absolute atomic E-state index is 0.0722. The van der Waals surface area contributed by atoms with Crippen LogP contribution in [-0.4, -0.2) is 35.3 Å². The van der Waals surface area contributed by atoms with Crippen molar-refractivity contribution in [1.82, 2.24) is 0 Å². The van der Waals surface area contributed by atoms with E-state index in [1.165, 1.54) is 12.1 Å². The van der Waals surface area contributed by atoms with Gasteiger partial charge in [0.15, 0.2) is 0 Å². The molecule has 2 unspecified atom stereocenters. The van der Waals surface area contributed by atoms with E-state index in [0.29, 0.717) is 6.04 Å². The number of hydrogen-bond donors (Lipinski definition) is 0. The molecular weight excluding hydrogens is 320 g/mol. The summed E-state index contributed by atoms with van der Waals surface area (Å²) in [5, 5.41) is 0. The van der Waals surface area contributed by atoms with E-state index in [1.807, 2.05) is 27.3 Å². The summed E-state index contributed by atoms with van der Waals surface area (Å²) < 4.78 is 41.4. The van der Waals surface area contributed by atoms with E-state index >= 15 is 0 Å². The van der Waals surface area contributed by atoms with E-state index in [-0.39, 0.29) is 23.2 Å². The summed E-state index contributed by atoms with van der Waals surface area (Å²) in [5.74, 6) is 0. The van der Waals surface area contributed by atoms with Crippen LogP contribution in [0, 0.1) is 0 Å². The van der Waals surface area contributed by atoms with Crippen LogP contribution in [0.15, 0.2) is 35.2 Å². The molecule has 1 aromatic carbocycles. The molecule has 0 amide bonds. The molecule has 1 aliphatic heterocycles. The van der Waals surface area contributed by atoms with Gasteiger partial charge in [0.1, 0.15) is 0 Å². The monoisotopic (exact) mass is 344 g/mol. The smallest absolute Gasteiger partial charge is 0.337 e. The lowest BCUT2D eigenvalue weighted by Gasteiger charge is -2.44. The SMILES string of the molecule is CC1CC(C)(C)O[Si](C)(CCOS(=O)(=O)c2ccccc2)O1. The molecule has 2 rings (SSSR count). The molecule has 0 saturated carbocycles. The summed E-state index contributed by atoms with van der Waals surface area (Å²) in [7, 11) is -6.14. The Hall–Kier alpha value is -0.733. The highest BCUT2D eigenvalue weighted by Gasteiger charge is 2.44. The fourth-order valence-corrected chi connectivity index (χ4v) is 6.92. The highest BCUT2D eigenvalue weighted by molar-refractivity contribution is 7.86. The summed E-state index contributed by atoms with van der Waals surface area (Å²) in [5.41, 5.74) is -0.239. The first kappa shape index (κ1) is 17.6. The molecule has 5 nitrogen and oxygen atoms in total. The average Bonchev–Trinajstić information content (AvgIpc) is 2.36. The van der Waals surface area contributed by atoms with E-state index in [2.05, 4.69) is 0 Å². The van der Waals surface area contributed by atoms with Crippen molar-refractivity contribution in [2.45, 2.75) is 56.4 Å². The summed E-state index contributed by atoms with van der Waals surface area (Å²) in [6, 6.07) is 8.63. The van der Waals surface area contributed by atoms with Crippen molar-refractivity contribution in [3.63, 3.8) is 0 Å². The van der Waals surface area contributed by atoms with E-state index in [4.69, 9.17) is 13.0 Å². The maximum atomic E-state index is 12.1. The van der Waals surface area contributed by atoms with Gasteiger partial charge in [-0.3, -0.25) is 4.18 Å². The summed E-state index contributed by atoms with van der Waals surface area (Å²) in [4.78, 5) is 0.168. The third-order valence-electron chi connectivity index (χ3n) is 3.55. The summed E-state index contributed by atoms with van der Waals surface area (Å²) in [6.45, 7) is 8.14.